The minimum atomic E-state index is -1.12. The third kappa shape index (κ3) is 4.36. The van der Waals surface area contributed by atoms with Gasteiger partial charge in [0.25, 0.3) is 5.91 Å². The number of pyridine rings is 1. The predicted molar refractivity (Wildman–Crippen MR) is 123 cm³/mol. The van der Waals surface area contributed by atoms with Crippen LogP contribution in [-0.4, -0.2) is 50.5 Å². The first-order valence-electron chi connectivity index (χ1n) is 11.8. The molecule has 1 saturated carbocycles. The average molecular weight is 489 g/mol. The van der Waals surface area contributed by atoms with Crippen LogP contribution in [-0.2, 0) is 0 Å². The van der Waals surface area contributed by atoms with Crippen molar-refractivity contribution in [2.45, 2.75) is 56.2 Å². The van der Waals surface area contributed by atoms with E-state index < -0.39 is 35.0 Å². The lowest BCUT2D eigenvalue weighted by Crippen LogP contribution is -2.45. The third-order valence-corrected chi connectivity index (χ3v) is 7.27. The number of nitrogens with zero attached hydrogens (tertiary/aromatic N) is 3. The van der Waals surface area contributed by atoms with Gasteiger partial charge in [0, 0.05) is 24.3 Å². The maximum atomic E-state index is 15.9. The molecule has 2 aromatic heterocycles. The summed E-state index contributed by atoms with van der Waals surface area (Å²) in [4.78, 5) is 14.7. The smallest absolute Gasteiger partial charge is 0.255 e. The Morgan fingerprint density at radius 1 is 1.17 bits per heavy atom. The highest BCUT2D eigenvalue weighted by molar-refractivity contribution is 6.01. The third-order valence-electron chi connectivity index (χ3n) is 7.27. The number of benzene rings is 1. The molecule has 1 amide bonds. The Balaban J connectivity index is 1.42. The van der Waals surface area contributed by atoms with Gasteiger partial charge in [-0.15, -0.1) is 0 Å². The van der Waals surface area contributed by atoms with Gasteiger partial charge < -0.3 is 20.4 Å². The Kier molecular flexibility index (Phi) is 6.18. The molecule has 1 atom stereocenters. The predicted octanol–water partition coefficient (Wildman–Crippen LogP) is 3.49. The first-order chi connectivity index (χ1) is 16.8. The van der Waals surface area contributed by atoms with E-state index in [2.05, 4.69) is 10.4 Å². The Hall–Kier alpha value is -3.11. The molecule has 2 aliphatic rings. The van der Waals surface area contributed by atoms with Crippen molar-refractivity contribution in [2.75, 3.05) is 18.1 Å². The average Bonchev–Trinajstić information content (AvgIpc) is 3.50. The molecule has 1 saturated heterocycles. The molecular formula is C25H27F3N4O3. The summed E-state index contributed by atoms with van der Waals surface area (Å²) >= 11 is 0. The van der Waals surface area contributed by atoms with E-state index in [0.717, 1.165) is 18.2 Å². The van der Waals surface area contributed by atoms with E-state index in [1.54, 1.807) is 11.1 Å². The molecule has 3 N–H and O–H groups in total. The van der Waals surface area contributed by atoms with E-state index >= 15 is 4.39 Å². The Bertz CT molecular complexity index is 1260. The number of halogens is 3. The van der Waals surface area contributed by atoms with E-state index in [1.807, 2.05) is 0 Å². The molecule has 0 radical (unpaired) electrons. The van der Waals surface area contributed by atoms with Crippen molar-refractivity contribution < 1.29 is 28.2 Å². The van der Waals surface area contributed by atoms with Crippen LogP contribution in [0.15, 0.2) is 36.7 Å². The maximum absolute atomic E-state index is 15.9. The second-order valence-electron chi connectivity index (χ2n) is 9.51. The van der Waals surface area contributed by atoms with Crippen molar-refractivity contribution in [2.24, 2.45) is 0 Å². The van der Waals surface area contributed by atoms with Crippen molar-refractivity contribution in [3.05, 3.63) is 65.2 Å². The van der Waals surface area contributed by atoms with Crippen molar-refractivity contribution in [1.82, 2.24) is 14.9 Å². The van der Waals surface area contributed by atoms with Crippen molar-refractivity contribution in [3.8, 4) is 0 Å². The first-order valence-corrected chi connectivity index (χ1v) is 11.8. The normalized spacial score (nSPS) is 24.8. The number of nitrogens with one attached hydrogen (secondary N) is 1. The van der Waals surface area contributed by atoms with E-state index in [4.69, 9.17) is 0 Å². The SMILES string of the molecule is O=C(NC1CCC(O)(CO)CC1)c1cnn2ccc(N3CCC[C@@H]3c3cc(F)ccc3F)c(F)c12. The van der Waals surface area contributed by atoms with Crippen molar-refractivity contribution >= 4 is 17.1 Å². The van der Waals surface area contributed by atoms with Gasteiger partial charge in [0.05, 0.1) is 35.7 Å². The minimum Gasteiger partial charge on any atom is -0.393 e. The highest BCUT2D eigenvalue weighted by Crippen LogP contribution is 2.39. The number of hydrogen-bond acceptors (Lipinski definition) is 5. The molecule has 1 aliphatic heterocycles. The van der Waals surface area contributed by atoms with Gasteiger partial charge in [-0.25, -0.2) is 17.7 Å². The Labute approximate surface area is 200 Å². The zero-order valence-corrected chi connectivity index (χ0v) is 19.1. The summed E-state index contributed by atoms with van der Waals surface area (Å²) in [6.45, 7) is 0.131. The van der Waals surface area contributed by atoms with Crippen LogP contribution in [0.1, 0.15) is 60.5 Å². The number of aromatic nitrogens is 2. The minimum absolute atomic E-state index is 0.00744. The summed E-state index contributed by atoms with van der Waals surface area (Å²) in [6.07, 6.45) is 5.76. The van der Waals surface area contributed by atoms with Gasteiger partial charge in [0.15, 0.2) is 5.82 Å². The molecule has 0 bridgehead atoms. The molecule has 5 rings (SSSR count). The van der Waals surface area contributed by atoms with Gasteiger partial charge in [-0.3, -0.25) is 4.79 Å². The fourth-order valence-electron chi connectivity index (χ4n) is 5.29. The number of carbonyl (C=O) groups is 1. The maximum Gasteiger partial charge on any atom is 0.255 e. The van der Waals surface area contributed by atoms with Gasteiger partial charge in [-0.1, -0.05) is 0 Å². The van der Waals surface area contributed by atoms with Crippen LogP contribution in [0.2, 0.25) is 0 Å². The second-order valence-corrected chi connectivity index (χ2v) is 9.51. The fraction of sp³-hybridized carbons (Fsp3) is 0.440. The zero-order valence-electron chi connectivity index (χ0n) is 19.1. The summed E-state index contributed by atoms with van der Waals surface area (Å²) in [7, 11) is 0. The summed E-state index contributed by atoms with van der Waals surface area (Å²) in [5, 5.41) is 26.5. The van der Waals surface area contributed by atoms with Gasteiger partial charge in [-0.05, 0) is 62.8 Å². The number of anilines is 1. The van der Waals surface area contributed by atoms with Crippen LogP contribution in [0.25, 0.3) is 5.52 Å². The Morgan fingerprint density at radius 2 is 1.94 bits per heavy atom. The van der Waals surface area contributed by atoms with Crippen molar-refractivity contribution in [1.29, 1.82) is 0 Å². The molecule has 3 heterocycles. The van der Waals surface area contributed by atoms with Crippen LogP contribution >= 0.6 is 0 Å². The quantitative estimate of drug-likeness (QED) is 0.512. The molecule has 35 heavy (non-hydrogen) atoms. The lowest BCUT2D eigenvalue weighted by Gasteiger charge is -2.34. The van der Waals surface area contributed by atoms with Crippen LogP contribution in [0, 0.1) is 17.5 Å². The zero-order chi connectivity index (χ0) is 24.7. The molecule has 7 nitrogen and oxygen atoms in total. The molecule has 186 valence electrons. The highest BCUT2D eigenvalue weighted by Gasteiger charge is 2.34. The van der Waals surface area contributed by atoms with Gasteiger partial charge in [0.2, 0.25) is 0 Å². The van der Waals surface area contributed by atoms with E-state index in [-0.39, 0.29) is 35.0 Å². The van der Waals surface area contributed by atoms with E-state index in [1.165, 1.54) is 16.8 Å². The second kappa shape index (κ2) is 9.16. The number of aliphatic hydroxyl groups excluding tert-OH is 1. The number of carbonyl (C=O) groups excluding carboxylic acids is 1. The summed E-state index contributed by atoms with van der Waals surface area (Å²) in [5.41, 5.74) is -0.676. The molecule has 0 unspecified atom stereocenters. The molecule has 1 aliphatic carbocycles. The van der Waals surface area contributed by atoms with E-state index in [0.29, 0.717) is 45.1 Å². The van der Waals surface area contributed by atoms with Crippen LogP contribution in [0.4, 0.5) is 18.9 Å². The van der Waals surface area contributed by atoms with E-state index in [9.17, 15) is 23.8 Å². The highest BCUT2D eigenvalue weighted by atomic mass is 19.1. The van der Waals surface area contributed by atoms with Gasteiger partial charge in [-0.2, -0.15) is 5.10 Å². The fourth-order valence-corrected chi connectivity index (χ4v) is 5.29. The molecule has 1 aromatic carbocycles. The van der Waals surface area contributed by atoms with Crippen LogP contribution in [0.3, 0.4) is 0 Å². The molecule has 0 spiro atoms. The van der Waals surface area contributed by atoms with Gasteiger partial charge in [0.1, 0.15) is 17.2 Å². The van der Waals surface area contributed by atoms with Crippen molar-refractivity contribution in [3.63, 3.8) is 0 Å². The summed E-state index contributed by atoms with van der Waals surface area (Å²) in [6, 6.07) is 4.06. The van der Waals surface area contributed by atoms with Gasteiger partial charge >= 0.3 is 0 Å². The first kappa shape index (κ1) is 23.6. The lowest BCUT2D eigenvalue weighted by molar-refractivity contribution is -0.0468. The monoisotopic (exact) mass is 488 g/mol. The van der Waals surface area contributed by atoms with Crippen LogP contribution < -0.4 is 10.2 Å². The standard InChI is InChI=1S/C25H27F3N4O3/c26-15-3-4-19(27)17(12-15)20-2-1-10-31(20)21-7-11-32-23(22(21)28)18(13-29-32)24(34)30-16-5-8-25(35,14-33)9-6-16/h3-4,7,11-13,16,20,33,35H,1-2,5-6,8-10,14H2,(H,30,34)/t16?,20-,25?/m1/s1. The summed E-state index contributed by atoms with van der Waals surface area (Å²) in [5.74, 6) is -2.24. The molecule has 10 heteroatoms. The van der Waals surface area contributed by atoms with Crippen LogP contribution in [0.5, 0.6) is 0 Å². The largest absolute Gasteiger partial charge is 0.393 e. The number of rotatable bonds is 5. The molecule has 2 fully saturated rings. The Morgan fingerprint density at radius 3 is 2.69 bits per heavy atom. The number of aliphatic hydroxyl groups is 2. The summed E-state index contributed by atoms with van der Waals surface area (Å²) < 4.78 is 45.5. The lowest BCUT2D eigenvalue weighted by atomic mass is 9.82. The molecular weight excluding hydrogens is 461 g/mol. The number of hydrogen-bond donors (Lipinski definition) is 3. The molecule has 3 aromatic rings. The topological polar surface area (TPSA) is 90.1 Å². The number of fused-ring (bicyclic) bond motifs is 1. The number of amides is 1.